The molecule has 2 rings (SSSR count). The number of hydrogen-bond donors (Lipinski definition) is 2. The molecule has 1 aliphatic heterocycles. The summed E-state index contributed by atoms with van der Waals surface area (Å²) < 4.78 is 0. The Kier molecular flexibility index (Phi) is 3.19. The highest BCUT2D eigenvalue weighted by Crippen LogP contribution is 2.18. The third-order valence-electron chi connectivity index (χ3n) is 3.00. The molecule has 3 heteroatoms. The summed E-state index contributed by atoms with van der Waals surface area (Å²) in [5, 5.41) is 12.8. The minimum Gasteiger partial charge on any atom is -0.393 e. The van der Waals surface area contributed by atoms with E-state index in [1.165, 1.54) is 12.8 Å². The second-order valence-electron chi connectivity index (χ2n) is 4.30. The maximum atomic E-state index is 9.31. The molecule has 1 saturated carbocycles. The topological polar surface area (TPSA) is 35.5 Å². The maximum absolute atomic E-state index is 9.31. The molecule has 1 heterocycles. The molecule has 1 saturated heterocycles. The maximum Gasteiger partial charge on any atom is 0.0564 e. The molecule has 13 heavy (non-hydrogen) atoms. The number of nitrogens with zero attached hydrogens (tertiary/aromatic N) is 1. The van der Waals surface area contributed by atoms with Gasteiger partial charge in [-0.05, 0) is 25.7 Å². The average molecular weight is 184 g/mol. The number of hydrogen-bond acceptors (Lipinski definition) is 3. The van der Waals surface area contributed by atoms with Crippen molar-refractivity contribution in [3.63, 3.8) is 0 Å². The van der Waals surface area contributed by atoms with E-state index >= 15 is 0 Å². The van der Waals surface area contributed by atoms with Gasteiger partial charge in [0.2, 0.25) is 0 Å². The third-order valence-corrected chi connectivity index (χ3v) is 3.00. The van der Waals surface area contributed by atoms with Crippen LogP contribution in [0.5, 0.6) is 0 Å². The molecule has 1 aliphatic carbocycles. The number of aliphatic hydroxyl groups is 1. The van der Waals surface area contributed by atoms with E-state index in [-0.39, 0.29) is 6.10 Å². The fourth-order valence-corrected chi connectivity index (χ4v) is 1.86. The van der Waals surface area contributed by atoms with Crippen LogP contribution in [0, 0.1) is 0 Å². The molecular formula is C10H20N2O. The highest BCUT2D eigenvalue weighted by Gasteiger charge is 2.21. The molecule has 0 aromatic carbocycles. The van der Waals surface area contributed by atoms with Crippen molar-refractivity contribution in [3.05, 3.63) is 0 Å². The van der Waals surface area contributed by atoms with E-state index in [2.05, 4.69) is 10.2 Å². The molecule has 0 spiro atoms. The molecule has 0 aromatic heterocycles. The van der Waals surface area contributed by atoms with Gasteiger partial charge in [-0.25, -0.2) is 0 Å². The smallest absolute Gasteiger partial charge is 0.0564 e. The van der Waals surface area contributed by atoms with Gasteiger partial charge in [0.05, 0.1) is 6.10 Å². The summed E-state index contributed by atoms with van der Waals surface area (Å²) in [5.41, 5.74) is 0. The van der Waals surface area contributed by atoms with E-state index in [9.17, 15) is 5.11 Å². The molecule has 3 nitrogen and oxygen atoms in total. The molecule has 2 fully saturated rings. The van der Waals surface area contributed by atoms with E-state index in [0.717, 1.165) is 45.1 Å². The van der Waals surface area contributed by atoms with Crippen LogP contribution in [0.25, 0.3) is 0 Å². The molecule has 0 radical (unpaired) electrons. The fraction of sp³-hybridized carbons (Fsp3) is 1.00. The molecule has 0 unspecified atom stereocenters. The first-order chi connectivity index (χ1) is 6.34. The lowest BCUT2D eigenvalue weighted by Gasteiger charge is -2.29. The summed E-state index contributed by atoms with van der Waals surface area (Å²) in [4.78, 5) is 2.45. The van der Waals surface area contributed by atoms with Gasteiger partial charge in [0, 0.05) is 32.2 Å². The van der Waals surface area contributed by atoms with Gasteiger partial charge in [0.25, 0.3) is 0 Å². The van der Waals surface area contributed by atoms with Gasteiger partial charge in [-0.15, -0.1) is 0 Å². The van der Waals surface area contributed by atoms with Gasteiger partial charge in [0.15, 0.2) is 0 Å². The lowest BCUT2D eigenvalue weighted by Crippen LogP contribution is -2.40. The predicted octanol–water partition coefficient (Wildman–Crippen LogP) is 0.195. The van der Waals surface area contributed by atoms with Crippen LogP contribution in [0.3, 0.4) is 0 Å². The summed E-state index contributed by atoms with van der Waals surface area (Å²) in [6, 6.07) is 0.829. The van der Waals surface area contributed by atoms with E-state index in [1.54, 1.807) is 0 Å². The van der Waals surface area contributed by atoms with Crippen molar-refractivity contribution in [1.82, 2.24) is 10.2 Å². The molecule has 0 bridgehead atoms. The summed E-state index contributed by atoms with van der Waals surface area (Å²) in [5.74, 6) is 0. The molecule has 2 N–H and O–H groups in total. The van der Waals surface area contributed by atoms with Gasteiger partial charge in [0.1, 0.15) is 0 Å². The SMILES string of the molecule is OC1CCN(CCNC2CC2)CC1. The zero-order valence-electron chi connectivity index (χ0n) is 8.21. The highest BCUT2D eigenvalue weighted by atomic mass is 16.3. The number of likely N-dealkylation sites (tertiary alicyclic amines) is 1. The molecule has 0 atom stereocenters. The van der Waals surface area contributed by atoms with Gasteiger partial charge >= 0.3 is 0 Å². The number of rotatable bonds is 4. The Morgan fingerprint density at radius 2 is 1.85 bits per heavy atom. The van der Waals surface area contributed by atoms with Gasteiger partial charge < -0.3 is 15.3 Å². The molecule has 0 amide bonds. The van der Waals surface area contributed by atoms with Crippen LogP contribution in [0.1, 0.15) is 25.7 Å². The largest absolute Gasteiger partial charge is 0.393 e. The Labute approximate surface area is 80.1 Å². The molecular weight excluding hydrogens is 164 g/mol. The summed E-state index contributed by atoms with van der Waals surface area (Å²) in [6.45, 7) is 4.44. The zero-order chi connectivity index (χ0) is 9.10. The summed E-state index contributed by atoms with van der Waals surface area (Å²) in [7, 11) is 0. The minimum atomic E-state index is -0.0346. The first-order valence-corrected chi connectivity index (χ1v) is 5.48. The normalized spacial score (nSPS) is 26.5. The molecule has 0 aromatic rings. The van der Waals surface area contributed by atoms with Crippen LogP contribution in [0.4, 0.5) is 0 Å². The lowest BCUT2D eigenvalue weighted by atomic mass is 10.1. The number of piperidine rings is 1. The van der Waals surface area contributed by atoms with Crippen molar-refractivity contribution in [3.8, 4) is 0 Å². The standard InChI is InChI=1S/C10H20N2O/c13-10-3-6-12(7-4-10)8-5-11-9-1-2-9/h9-11,13H,1-8H2. The lowest BCUT2D eigenvalue weighted by molar-refractivity contribution is 0.0830. The van der Waals surface area contributed by atoms with Crippen molar-refractivity contribution in [2.75, 3.05) is 26.2 Å². The van der Waals surface area contributed by atoms with Crippen LogP contribution in [-0.4, -0.2) is 48.3 Å². The fourth-order valence-electron chi connectivity index (χ4n) is 1.86. The van der Waals surface area contributed by atoms with Crippen molar-refractivity contribution in [2.45, 2.75) is 37.8 Å². The van der Waals surface area contributed by atoms with Gasteiger partial charge in [-0.2, -0.15) is 0 Å². The first-order valence-electron chi connectivity index (χ1n) is 5.48. The van der Waals surface area contributed by atoms with Gasteiger partial charge in [-0.1, -0.05) is 0 Å². The Hall–Kier alpha value is -0.120. The first kappa shape index (κ1) is 9.44. The van der Waals surface area contributed by atoms with Crippen LogP contribution in [0.2, 0.25) is 0 Å². The number of aliphatic hydroxyl groups excluding tert-OH is 1. The van der Waals surface area contributed by atoms with Crippen molar-refractivity contribution in [1.29, 1.82) is 0 Å². The van der Waals surface area contributed by atoms with Crippen LogP contribution in [-0.2, 0) is 0 Å². The number of nitrogens with one attached hydrogen (secondary N) is 1. The Bertz CT molecular complexity index is 151. The Morgan fingerprint density at radius 3 is 2.46 bits per heavy atom. The predicted molar refractivity (Wildman–Crippen MR) is 52.7 cm³/mol. The monoisotopic (exact) mass is 184 g/mol. The van der Waals surface area contributed by atoms with Crippen LogP contribution < -0.4 is 5.32 Å². The summed E-state index contributed by atoms with van der Waals surface area (Å²) >= 11 is 0. The van der Waals surface area contributed by atoms with E-state index in [1.807, 2.05) is 0 Å². The Balaban J connectivity index is 1.53. The zero-order valence-corrected chi connectivity index (χ0v) is 8.21. The second-order valence-corrected chi connectivity index (χ2v) is 4.30. The Morgan fingerprint density at radius 1 is 1.15 bits per heavy atom. The van der Waals surface area contributed by atoms with E-state index < -0.39 is 0 Å². The minimum absolute atomic E-state index is 0.0346. The van der Waals surface area contributed by atoms with Crippen molar-refractivity contribution >= 4 is 0 Å². The van der Waals surface area contributed by atoms with Crippen molar-refractivity contribution < 1.29 is 5.11 Å². The highest BCUT2D eigenvalue weighted by molar-refractivity contribution is 4.81. The van der Waals surface area contributed by atoms with Gasteiger partial charge in [-0.3, -0.25) is 0 Å². The van der Waals surface area contributed by atoms with Crippen molar-refractivity contribution in [2.24, 2.45) is 0 Å². The summed E-state index contributed by atoms with van der Waals surface area (Å²) in [6.07, 6.45) is 4.64. The second kappa shape index (κ2) is 4.40. The molecule has 76 valence electrons. The van der Waals surface area contributed by atoms with Crippen LogP contribution in [0.15, 0.2) is 0 Å². The van der Waals surface area contributed by atoms with Crippen LogP contribution >= 0.6 is 0 Å². The quantitative estimate of drug-likeness (QED) is 0.655. The van der Waals surface area contributed by atoms with E-state index in [4.69, 9.17) is 0 Å². The third kappa shape index (κ3) is 3.25. The molecule has 2 aliphatic rings. The average Bonchev–Trinajstić information content (AvgIpc) is 2.92. The van der Waals surface area contributed by atoms with E-state index in [0.29, 0.717) is 0 Å².